The Bertz CT molecular complexity index is 975. The molecule has 2 aromatic rings. The van der Waals surface area contributed by atoms with E-state index in [0.717, 1.165) is 10.4 Å². The van der Waals surface area contributed by atoms with Crippen LogP contribution in [0.3, 0.4) is 0 Å². The maximum Gasteiger partial charge on any atom is 0.433 e. The third-order valence-corrected chi connectivity index (χ3v) is 6.00. The second-order valence-corrected chi connectivity index (χ2v) is 8.00. The molecule has 1 amide bonds. The maximum atomic E-state index is 13.0. The molecule has 27 heavy (non-hydrogen) atoms. The molecule has 0 radical (unpaired) electrons. The molecule has 0 spiro atoms. The lowest BCUT2D eigenvalue weighted by molar-refractivity contribution is -0.141. The summed E-state index contributed by atoms with van der Waals surface area (Å²) in [6, 6.07) is 7.54. The summed E-state index contributed by atoms with van der Waals surface area (Å²) in [5, 5.41) is 0. The van der Waals surface area contributed by atoms with Crippen molar-refractivity contribution in [3.63, 3.8) is 0 Å². The molecule has 0 unspecified atom stereocenters. The van der Waals surface area contributed by atoms with Gasteiger partial charge in [0.05, 0.1) is 24.0 Å². The minimum Gasteiger partial charge on any atom is -0.306 e. The molecule has 0 N–H and O–H groups in total. The average molecular weight is 399 g/mol. The number of anilines is 2. The Kier molecular flexibility index (Phi) is 4.62. The highest BCUT2D eigenvalue weighted by Crippen LogP contribution is 2.38. The zero-order valence-corrected chi connectivity index (χ0v) is 15.3. The lowest BCUT2D eigenvalue weighted by Crippen LogP contribution is -2.51. The summed E-state index contributed by atoms with van der Waals surface area (Å²) < 4.78 is 65.2. The number of aromatic nitrogens is 1. The molecule has 3 rings (SSSR count). The summed E-state index contributed by atoms with van der Waals surface area (Å²) >= 11 is 0. The second kappa shape index (κ2) is 6.52. The van der Waals surface area contributed by atoms with Crippen LogP contribution < -0.4 is 9.21 Å². The third-order valence-electron chi connectivity index (χ3n) is 4.23. The van der Waals surface area contributed by atoms with Crippen molar-refractivity contribution in [3.05, 3.63) is 48.3 Å². The van der Waals surface area contributed by atoms with Crippen LogP contribution >= 0.6 is 0 Å². The van der Waals surface area contributed by atoms with Crippen molar-refractivity contribution in [3.8, 4) is 0 Å². The van der Waals surface area contributed by atoms with Gasteiger partial charge in [0.1, 0.15) is 10.6 Å². The Hall–Kier alpha value is -2.62. The summed E-state index contributed by atoms with van der Waals surface area (Å²) in [5.41, 5.74) is -0.463. The number of fused-ring (bicyclic) bond motifs is 1. The Balaban J connectivity index is 2.07. The molecule has 0 bridgehead atoms. The molecule has 1 aliphatic heterocycles. The second-order valence-electron chi connectivity index (χ2n) is 6.14. The van der Waals surface area contributed by atoms with Crippen LogP contribution in [0, 0.1) is 0 Å². The highest BCUT2D eigenvalue weighted by molar-refractivity contribution is 7.92. The molecule has 1 aromatic heterocycles. The number of para-hydroxylation sites is 2. The lowest BCUT2D eigenvalue weighted by atomic mass is 10.1. The van der Waals surface area contributed by atoms with E-state index in [9.17, 15) is 26.4 Å². The number of halogens is 3. The monoisotopic (exact) mass is 399 g/mol. The van der Waals surface area contributed by atoms with Crippen LogP contribution in [0.15, 0.2) is 47.5 Å². The van der Waals surface area contributed by atoms with Gasteiger partial charge in [-0.2, -0.15) is 13.2 Å². The first-order valence-electron chi connectivity index (χ1n) is 7.98. The number of sulfonamides is 1. The van der Waals surface area contributed by atoms with E-state index < -0.39 is 27.9 Å². The molecule has 2 heterocycles. The normalized spacial score (nSPS) is 17.6. The predicted octanol–water partition coefficient (Wildman–Crippen LogP) is 3.05. The van der Waals surface area contributed by atoms with E-state index in [1.807, 2.05) is 0 Å². The third kappa shape index (κ3) is 3.36. The van der Waals surface area contributed by atoms with E-state index in [4.69, 9.17) is 0 Å². The number of benzene rings is 1. The number of hydrogen-bond acceptors (Lipinski definition) is 4. The van der Waals surface area contributed by atoms with E-state index in [-0.39, 0.29) is 23.0 Å². The molecular formula is C17H16F3N3O3S. The Labute approximate surface area is 154 Å². The van der Waals surface area contributed by atoms with Gasteiger partial charge in [-0.3, -0.25) is 14.1 Å². The fourth-order valence-corrected chi connectivity index (χ4v) is 4.58. The van der Waals surface area contributed by atoms with Gasteiger partial charge in [-0.15, -0.1) is 0 Å². The number of rotatable bonds is 2. The fraction of sp³-hybridized carbons (Fsp3) is 0.294. The lowest BCUT2D eigenvalue weighted by Gasteiger charge is -2.40. The van der Waals surface area contributed by atoms with E-state index in [2.05, 4.69) is 4.98 Å². The molecule has 0 saturated heterocycles. The first-order valence-corrected chi connectivity index (χ1v) is 9.42. The first kappa shape index (κ1) is 19.2. The molecule has 1 aromatic carbocycles. The van der Waals surface area contributed by atoms with E-state index >= 15 is 0 Å². The van der Waals surface area contributed by atoms with Crippen molar-refractivity contribution in [1.29, 1.82) is 0 Å². The largest absolute Gasteiger partial charge is 0.433 e. The number of carbonyl (C=O) groups is 1. The van der Waals surface area contributed by atoms with Gasteiger partial charge in [0.2, 0.25) is 5.91 Å². The van der Waals surface area contributed by atoms with Gasteiger partial charge in [-0.1, -0.05) is 12.1 Å². The van der Waals surface area contributed by atoms with Crippen molar-refractivity contribution < 1.29 is 26.4 Å². The van der Waals surface area contributed by atoms with Crippen LogP contribution in [0.4, 0.5) is 24.5 Å². The van der Waals surface area contributed by atoms with E-state index in [1.165, 1.54) is 11.8 Å². The van der Waals surface area contributed by atoms with Gasteiger partial charge in [0.25, 0.3) is 10.0 Å². The van der Waals surface area contributed by atoms with Crippen molar-refractivity contribution in [2.24, 2.45) is 0 Å². The smallest absolute Gasteiger partial charge is 0.306 e. The molecule has 1 atom stereocenters. The minimum atomic E-state index is -4.66. The highest BCUT2D eigenvalue weighted by atomic mass is 32.2. The molecule has 1 aliphatic rings. The highest BCUT2D eigenvalue weighted by Gasteiger charge is 2.38. The van der Waals surface area contributed by atoms with E-state index in [1.54, 1.807) is 31.2 Å². The topological polar surface area (TPSA) is 70.6 Å². The van der Waals surface area contributed by atoms with Crippen molar-refractivity contribution >= 4 is 27.3 Å². The minimum absolute atomic E-state index is 0.0278. The number of alkyl halides is 3. The summed E-state index contributed by atoms with van der Waals surface area (Å²) in [4.78, 5) is 16.3. The van der Waals surface area contributed by atoms with Gasteiger partial charge in [-0.05, 0) is 31.2 Å². The number of nitrogens with zero attached hydrogens (tertiary/aromatic N) is 3. The number of pyridine rings is 1. The zero-order valence-electron chi connectivity index (χ0n) is 14.4. The molecule has 10 heteroatoms. The van der Waals surface area contributed by atoms with Gasteiger partial charge in [0.15, 0.2) is 0 Å². The number of hydrogen-bond donors (Lipinski definition) is 0. The van der Waals surface area contributed by atoms with Crippen LogP contribution in [0.1, 0.15) is 19.5 Å². The quantitative estimate of drug-likeness (QED) is 0.778. The van der Waals surface area contributed by atoms with Gasteiger partial charge < -0.3 is 4.90 Å². The Morgan fingerprint density at radius 2 is 1.78 bits per heavy atom. The van der Waals surface area contributed by atoms with Gasteiger partial charge in [0, 0.05) is 13.1 Å². The van der Waals surface area contributed by atoms with Crippen molar-refractivity contribution in [1.82, 2.24) is 4.98 Å². The van der Waals surface area contributed by atoms with Crippen LogP contribution in [0.2, 0.25) is 0 Å². The van der Waals surface area contributed by atoms with Crippen LogP contribution in [-0.2, 0) is 21.0 Å². The standard InChI is InChI=1S/C17H16F3N3O3S/c1-11-10-22(14-5-3-4-6-15(14)23(11)12(2)24)27(25,26)13-7-8-16(21-9-13)17(18,19)20/h3-9,11H,10H2,1-2H3/t11-/m0/s1. The molecule has 6 nitrogen and oxygen atoms in total. The number of carbonyl (C=O) groups excluding carboxylic acids is 1. The van der Waals surface area contributed by atoms with Crippen molar-refractivity contribution in [2.45, 2.75) is 31.0 Å². The average Bonchev–Trinajstić information content (AvgIpc) is 2.60. The van der Waals surface area contributed by atoms with Crippen LogP contribution in [0.25, 0.3) is 0 Å². The fourth-order valence-electron chi connectivity index (χ4n) is 3.07. The summed E-state index contributed by atoms with van der Waals surface area (Å²) in [6.45, 7) is 3.06. The van der Waals surface area contributed by atoms with Crippen LogP contribution in [0.5, 0.6) is 0 Å². The van der Waals surface area contributed by atoms with Crippen LogP contribution in [-0.4, -0.2) is 31.9 Å². The molecule has 0 fully saturated rings. The summed E-state index contributed by atoms with van der Waals surface area (Å²) in [6.07, 6.45) is -3.96. The van der Waals surface area contributed by atoms with Gasteiger partial charge in [-0.25, -0.2) is 8.42 Å². The van der Waals surface area contributed by atoms with Gasteiger partial charge >= 0.3 is 6.18 Å². The molecule has 0 saturated carbocycles. The zero-order chi connectivity index (χ0) is 20.0. The molecule has 144 valence electrons. The van der Waals surface area contributed by atoms with Crippen molar-refractivity contribution in [2.75, 3.05) is 15.7 Å². The van der Waals surface area contributed by atoms with E-state index in [0.29, 0.717) is 18.0 Å². The summed E-state index contributed by atoms with van der Waals surface area (Å²) in [5.74, 6) is -0.233. The maximum absolute atomic E-state index is 13.0. The predicted molar refractivity (Wildman–Crippen MR) is 92.8 cm³/mol. The first-order chi connectivity index (χ1) is 12.5. The Morgan fingerprint density at radius 3 is 2.30 bits per heavy atom. The molecular weight excluding hydrogens is 383 g/mol. The molecule has 0 aliphatic carbocycles. The SMILES string of the molecule is CC(=O)N1c2ccccc2N(S(=O)(=O)c2ccc(C(F)(F)F)nc2)C[C@@H]1C. The summed E-state index contributed by atoms with van der Waals surface area (Å²) in [7, 11) is -4.15. The number of amides is 1. The Morgan fingerprint density at radius 1 is 1.15 bits per heavy atom.